The Morgan fingerprint density at radius 3 is 2.45 bits per heavy atom. The number of nitrogens with zero attached hydrogens (tertiary/aromatic N) is 2. The molecule has 0 saturated carbocycles. The van der Waals surface area contributed by atoms with Crippen LogP contribution in [0.15, 0.2) is 24.3 Å². The van der Waals surface area contributed by atoms with E-state index in [0.717, 1.165) is 22.5 Å². The highest BCUT2D eigenvalue weighted by Crippen LogP contribution is 2.30. The lowest BCUT2D eigenvalue weighted by molar-refractivity contribution is 0.0848. The number of amides is 2. The molecule has 0 saturated heterocycles. The molecule has 31 heavy (non-hydrogen) atoms. The van der Waals surface area contributed by atoms with Gasteiger partial charge in [-0.15, -0.1) is 11.3 Å². The Kier molecular flexibility index (Phi) is 6.84. The summed E-state index contributed by atoms with van der Waals surface area (Å²) in [4.78, 5) is 26.6. The summed E-state index contributed by atoms with van der Waals surface area (Å²) in [5, 5.41) is 5.50. The predicted octanol–water partition coefficient (Wildman–Crippen LogP) is 3.93. The van der Waals surface area contributed by atoms with E-state index in [1.807, 2.05) is 31.5 Å². The van der Waals surface area contributed by atoms with Crippen LogP contribution in [0.25, 0.3) is 10.2 Å². The van der Waals surface area contributed by atoms with Gasteiger partial charge in [0.15, 0.2) is 11.5 Å². The highest BCUT2D eigenvalue weighted by molar-refractivity contribution is 7.20. The minimum absolute atomic E-state index is 0.0228. The third-order valence-corrected chi connectivity index (χ3v) is 5.59. The number of carbonyl (C=O) groups is 2. The Bertz CT molecular complexity index is 1100. The second kappa shape index (κ2) is 9.38. The molecule has 0 unspecified atom stereocenters. The van der Waals surface area contributed by atoms with Gasteiger partial charge in [-0.2, -0.15) is 5.10 Å². The van der Waals surface area contributed by atoms with Crippen LogP contribution in [0.3, 0.4) is 0 Å². The highest BCUT2D eigenvalue weighted by Gasteiger charge is 2.18. The molecule has 2 aromatic heterocycles. The number of hydrogen-bond acceptors (Lipinski definition) is 6. The van der Waals surface area contributed by atoms with E-state index in [1.165, 1.54) is 18.4 Å². The fourth-order valence-corrected chi connectivity index (χ4v) is 4.17. The topological polar surface area (TPSA) is 94.5 Å². The van der Waals surface area contributed by atoms with Gasteiger partial charge in [0.05, 0.1) is 23.8 Å². The van der Waals surface area contributed by atoms with Gasteiger partial charge in [0.2, 0.25) is 0 Å². The van der Waals surface area contributed by atoms with Crippen LogP contribution in [0, 0.1) is 12.8 Å². The van der Waals surface area contributed by atoms with E-state index in [1.54, 1.807) is 18.2 Å². The van der Waals surface area contributed by atoms with Gasteiger partial charge in [-0.3, -0.25) is 25.1 Å². The number of aryl methyl sites for hydroxylation is 1. The monoisotopic (exact) mass is 444 g/mol. The zero-order chi connectivity index (χ0) is 22.7. The van der Waals surface area contributed by atoms with E-state index in [4.69, 9.17) is 9.47 Å². The van der Waals surface area contributed by atoms with E-state index in [0.29, 0.717) is 27.9 Å². The lowest BCUT2D eigenvalue weighted by Gasteiger charge is -2.14. The molecular weight excluding hydrogens is 416 g/mol. The molecule has 0 aliphatic carbocycles. The van der Waals surface area contributed by atoms with E-state index >= 15 is 0 Å². The Labute approximate surface area is 185 Å². The summed E-state index contributed by atoms with van der Waals surface area (Å²) in [6.07, 6.45) is -0.0228. The molecule has 2 amide bonds. The van der Waals surface area contributed by atoms with Gasteiger partial charge < -0.3 is 9.47 Å². The minimum Gasteiger partial charge on any atom is -0.493 e. The maximum absolute atomic E-state index is 12.6. The van der Waals surface area contributed by atoms with Crippen molar-refractivity contribution in [2.45, 2.75) is 47.3 Å². The van der Waals surface area contributed by atoms with Gasteiger partial charge in [0.25, 0.3) is 11.8 Å². The van der Waals surface area contributed by atoms with E-state index in [2.05, 4.69) is 29.8 Å². The summed E-state index contributed by atoms with van der Waals surface area (Å²) in [6, 6.07) is 6.67. The molecule has 0 aliphatic heterocycles. The summed E-state index contributed by atoms with van der Waals surface area (Å²) < 4.78 is 12.9. The standard InChI is InChI=1S/C22H28N4O4S/c1-12(2)11-26-22-16(14(5)25-26)10-19(31-22)21(28)24-23-20(27)15-7-8-17(30-13(3)4)18(9-15)29-6/h7-10,12-13H,11H2,1-6H3,(H,23,27)(H,24,28). The molecule has 0 fully saturated rings. The molecule has 166 valence electrons. The largest absolute Gasteiger partial charge is 0.493 e. The number of benzene rings is 1. The van der Waals surface area contributed by atoms with Crippen LogP contribution >= 0.6 is 11.3 Å². The number of nitrogens with one attached hydrogen (secondary N) is 2. The maximum atomic E-state index is 12.6. The smallest absolute Gasteiger partial charge is 0.279 e. The van der Waals surface area contributed by atoms with Gasteiger partial charge in [0, 0.05) is 17.5 Å². The molecule has 0 atom stereocenters. The number of hydrazine groups is 1. The van der Waals surface area contributed by atoms with Crippen molar-refractivity contribution in [1.82, 2.24) is 20.6 Å². The molecule has 2 heterocycles. The summed E-state index contributed by atoms with van der Waals surface area (Å²) in [5.41, 5.74) is 6.16. The number of carbonyl (C=O) groups excluding carboxylic acids is 2. The third kappa shape index (κ3) is 5.16. The minimum atomic E-state index is -0.453. The van der Waals surface area contributed by atoms with Crippen molar-refractivity contribution in [3.63, 3.8) is 0 Å². The first kappa shape index (κ1) is 22.6. The van der Waals surface area contributed by atoms with Crippen molar-refractivity contribution in [3.8, 4) is 11.5 Å². The first-order valence-electron chi connectivity index (χ1n) is 10.1. The van der Waals surface area contributed by atoms with Gasteiger partial charge in [-0.05, 0) is 51.0 Å². The Morgan fingerprint density at radius 2 is 1.81 bits per heavy atom. The molecule has 3 rings (SSSR count). The van der Waals surface area contributed by atoms with Gasteiger partial charge in [-0.25, -0.2) is 0 Å². The van der Waals surface area contributed by atoms with Crippen LogP contribution in [0.1, 0.15) is 53.4 Å². The Balaban J connectivity index is 1.70. The summed E-state index contributed by atoms with van der Waals surface area (Å²) in [6.45, 7) is 10.8. The van der Waals surface area contributed by atoms with Crippen molar-refractivity contribution < 1.29 is 19.1 Å². The van der Waals surface area contributed by atoms with Crippen LogP contribution in [-0.2, 0) is 6.54 Å². The number of thiophene rings is 1. The Hall–Kier alpha value is -3.07. The lowest BCUT2D eigenvalue weighted by Crippen LogP contribution is -2.41. The van der Waals surface area contributed by atoms with Crippen molar-refractivity contribution in [1.29, 1.82) is 0 Å². The summed E-state index contributed by atoms with van der Waals surface area (Å²) in [5.74, 6) is 0.606. The zero-order valence-corrected chi connectivity index (χ0v) is 19.4. The first-order valence-corrected chi connectivity index (χ1v) is 10.9. The van der Waals surface area contributed by atoms with Gasteiger partial charge in [0.1, 0.15) is 4.83 Å². The Morgan fingerprint density at radius 1 is 1.10 bits per heavy atom. The van der Waals surface area contributed by atoms with Crippen molar-refractivity contribution >= 4 is 33.4 Å². The molecule has 2 N–H and O–H groups in total. The number of ether oxygens (including phenoxy) is 2. The molecular formula is C22H28N4O4S. The molecule has 0 spiro atoms. The van der Waals surface area contributed by atoms with E-state index < -0.39 is 5.91 Å². The zero-order valence-electron chi connectivity index (χ0n) is 18.6. The maximum Gasteiger partial charge on any atom is 0.279 e. The van der Waals surface area contributed by atoms with Crippen LogP contribution in [0.5, 0.6) is 11.5 Å². The fourth-order valence-electron chi connectivity index (χ4n) is 3.10. The second-order valence-electron chi connectivity index (χ2n) is 7.93. The van der Waals surface area contributed by atoms with Crippen LogP contribution in [-0.4, -0.2) is 34.8 Å². The lowest BCUT2D eigenvalue weighted by atomic mass is 10.2. The van der Waals surface area contributed by atoms with E-state index in [9.17, 15) is 9.59 Å². The van der Waals surface area contributed by atoms with E-state index in [-0.39, 0.29) is 12.0 Å². The summed E-state index contributed by atoms with van der Waals surface area (Å²) >= 11 is 1.36. The molecule has 0 bridgehead atoms. The van der Waals surface area contributed by atoms with Crippen molar-refractivity contribution in [2.75, 3.05) is 7.11 Å². The normalized spacial score (nSPS) is 11.2. The molecule has 3 aromatic rings. The summed E-state index contributed by atoms with van der Waals surface area (Å²) in [7, 11) is 1.51. The molecule has 8 nitrogen and oxygen atoms in total. The number of methoxy groups -OCH3 is 1. The number of hydrogen-bond donors (Lipinski definition) is 2. The molecule has 0 radical (unpaired) electrons. The third-order valence-electron chi connectivity index (χ3n) is 4.45. The van der Waals surface area contributed by atoms with Crippen LogP contribution in [0.2, 0.25) is 0 Å². The molecule has 9 heteroatoms. The van der Waals surface area contributed by atoms with Crippen molar-refractivity contribution in [3.05, 3.63) is 40.4 Å². The number of fused-ring (bicyclic) bond motifs is 1. The molecule has 0 aliphatic rings. The van der Waals surface area contributed by atoms with Gasteiger partial charge in [-0.1, -0.05) is 13.8 Å². The SMILES string of the molecule is COc1cc(C(=O)NNC(=O)c2cc3c(C)nn(CC(C)C)c3s2)ccc1OC(C)C. The van der Waals surface area contributed by atoms with Crippen LogP contribution < -0.4 is 20.3 Å². The fraction of sp³-hybridized carbons (Fsp3) is 0.409. The number of rotatable bonds is 7. The quantitative estimate of drug-likeness (QED) is 0.539. The first-order chi connectivity index (χ1) is 14.7. The highest BCUT2D eigenvalue weighted by atomic mass is 32.1. The average Bonchev–Trinajstić information content (AvgIpc) is 3.27. The molecule has 1 aromatic carbocycles. The second-order valence-corrected chi connectivity index (χ2v) is 8.96. The average molecular weight is 445 g/mol. The number of aromatic nitrogens is 2. The van der Waals surface area contributed by atoms with Crippen molar-refractivity contribution in [2.24, 2.45) is 5.92 Å². The predicted molar refractivity (Wildman–Crippen MR) is 121 cm³/mol. The van der Waals surface area contributed by atoms with Crippen LogP contribution in [0.4, 0.5) is 0 Å². The van der Waals surface area contributed by atoms with Gasteiger partial charge >= 0.3 is 0 Å².